The summed E-state index contributed by atoms with van der Waals surface area (Å²) in [4.78, 5) is 12.8. The van der Waals surface area contributed by atoms with Crippen LogP contribution in [-0.2, 0) is 9.53 Å². The Bertz CT molecular complexity index is 1260. The maximum Gasteiger partial charge on any atom is 0.331 e. The molecule has 0 aliphatic heterocycles. The number of hydrogen-bond donors (Lipinski definition) is 0. The second-order valence-electron chi connectivity index (χ2n) is 7.66. The van der Waals surface area contributed by atoms with Crippen molar-refractivity contribution in [3.8, 4) is 16.8 Å². The van der Waals surface area contributed by atoms with E-state index >= 15 is 0 Å². The quantitative estimate of drug-likeness (QED) is 0.317. The van der Waals surface area contributed by atoms with Crippen LogP contribution in [0.5, 0.6) is 0 Å². The number of benzene rings is 3. The number of carbonyl (C=O) groups excluding carboxylic acids is 1. The van der Waals surface area contributed by atoms with E-state index in [-0.39, 0.29) is 5.97 Å². The lowest BCUT2D eigenvalue weighted by Crippen LogP contribution is -2.08. The summed E-state index contributed by atoms with van der Waals surface area (Å²) in [5, 5.41) is 4.63. The number of ether oxygens (including phenoxy) is 1. The zero-order valence-electron chi connectivity index (χ0n) is 17.4. The molecule has 4 heteroatoms. The number of nitrogens with zero attached hydrogens (tertiary/aromatic N) is 2. The standard InChI is InChI=1S/C27H22N2O2/c1-18-21(19(2)29(28-18)20-10-4-3-5-11-20)16-17-26(30)31-27-24-14-8-6-12-22(24)23-13-7-9-15-25(23)27/h3-17,27H,1-2H3/b17-16+. The van der Waals surface area contributed by atoms with Crippen molar-refractivity contribution < 1.29 is 9.53 Å². The number of aryl methyl sites for hydroxylation is 1. The molecule has 0 fully saturated rings. The van der Waals surface area contributed by atoms with Crippen LogP contribution in [0.2, 0.25) is 0 Å². The molecule has 5 rings (SSSR count). The third-order valence-electron chi connectivity index (χ3n) is 5.74. The molecule has 0 bridgehead atoms. The summed E-state index contributed by atoms with van der Waals surface area (Å²) in [5.41, 5.74) is 8.04. The molecular formula is C27H22N2O2. The molecule has 1 aliphatic rings. The van der Waals surface area contributed by atoms with E-state index < -0.39 is 6.10 Å². The summed E-state index contributed by atoms with van der Waals surface area (Å²) >= 11 is 0. The zero-order valence-corrected chi connectivity index (χ0v) is 17.4. The molecule has 1 aliphatic carbocycles. The van der Waals surface area contributed by atoms with Crippen molar-refractivity contribution >= 4 is 12.0 Å². The van der Waals surface area contributed by atoms with Gasteiger partial charge in [0.05, 0.1) is 11.4 Å². The fourth-order valence-corrected chi connectivity index (χ4v) is 4.26. The van der Waals surface area contributed by atoms with Crippen LogP contribution >= 0.6 is 0 Å². The van der Waals surface area contributed by atoms with Crippen LogP contribution in [0.4, 0.5) is 0 Å². The first-order chi connectivity index (χ1) is 15.1. The van der Waals surface area contributed by atoms with Crippen LogP contribution in [0.3, 0.4) is 0 Å². The topological polar surface area (TPSA) is 44.1 Å². The summed E-state index contributed by atoms with van der Waals surface area (Å²) in [6, 6.07) is 26.1. The average molecular weight is 406 g/mol. The Balaban J connectivity index is 1.40. The van der Waals surface area contributed by atoms with Gasteiger partial charge in [0.2, 0.25) is 0 Å². The lowest BCUT2D eigenvalue weighted by molar-refractivity contribution is -0.141. The molecule has 0 unspecified atom stereocenters. The van der Waals surface area contributed by atoms with E-state index in [1.165, 1.54) is 6.08 Å². The molecule has 1 heterocycles. The van der Waals surface area contributed by atoms with Gasteiger partial charge in [0.25, 0.3) is 0 Å². The van der Waals surface area contributed by atoms with Gasteiger partial charge < -0.3 is 4.74 Å². The summed E-state index contributed by atoms with van der Waals surface area (Å²) in [5.74, 6) is -0.372. The number of carbonyl (C=O) groups is 1. The van der Waals surface area contributed by atoms with Crippen molar-refractivity contribution in [1.29, 1.82) is 0 Å². The number of fused-ring (bicyclic) bond motifs is 3. The lowest BCUT2D eigenvalue weighted by Gasteiger charge is -2.13. The Hall–Kier alpha value is -3.92. The molecule has 0 saturated carbocycles. The number of esters is 1. The first-order valence-electron chi connectivity index (χ1n) is 10.3. The summed E-state index contributed by atoms with van der Waals surface area (Å²) in [6.07, 6.45) is 2.90. The van der Waals surface area contributed by atoms with Crippen LogP contribution in [0.1, 0.15) is 34.2 Å². The molecule has 0 saturated heterocycles. The van der Waals surface area contributed by atoms with E-state index in [2.05, 4.69) is 17.2 Å². The van der Waals surface area contributed by atoms with E-state index in [1.54, 1.807) is 6.08 Å². The van der Waals surface area contributed by atoms with E-state index in [0.29, 0.717) is 0 Å². The summed E-state index contributed by atoms with van der Waals surface area (Å²) < 4.78 is 7.80. The van der Waals surface area contributed by atoms with Gasteiger partial charge in [-0.05, 0) is 43.2 Å². The van der Waals surface area contributed by atoms with Gasteiger partial charge in [-0.1, -0.05) is 66.7 Å². The van der Waals surface area contributed by atoms with Gasteiger partial charge in [0.15, 0.2) is 6.10 Å². The van der Waals surface area contributed by atoms with Gasteiger partial charge in [-0.3, -0.25) is 0 Å². The SMILES string of the molecule is Cc1nn(-c2ccccc2)c(C)c1/C=C/C(=O)OC1c2ccccc2-c2ccccc21. The Morgan fingerprint density at radius 1 is 0.871 bits per heavy atom. The third kappa shape index (κ3) is 3.36. The minimum atomic E-state index is -0.390. The molecule has 0 amide bonds. The molecule has 4 nitrogen and oxygen atoms in total. The maximum absolute atomic E-state index is 12.8. The van der Waals surface area contributed by atoms with Crippen LogP contribution in [0.25, 0.3) is 22.9 Å². The van der Waals surface area contributed by atoms with Crippen molar-refractivity contribution in [1.82, 2.24) is 9.78 Å². The molecule has 4 aromatic rings. The lowest BCUT2D eigenvalue weighted by atomic mass is 10.1. The van der Waals surface area contributed by atoms with Gasteiger partial charge in [-0.15, -0.1) is 0 Å². The molecule has 0 atom stereocenters. The molecule has 31 heavy (non-hydrogen) atoms. The van der Waals surface area contributed by atoms with Gasteiger partial charge >= 0.3 is 5.97 Å². The van der Waals surface area contributed by atoms with Crippen molar-refractivity contribution in [2.24, 2.45) is 0 Å². The normalized spacial score (nSPS) is 12.7. The Kier molecular flexibility index (Phi) is 4.75. The second kappa shape index (κ2) is 7.73. The number of rotatable bonds is 4. The van der Waals surface area contributed by atoms with Gasteiger partial charge in [0.1, 0.15) is 0 Å². The number of para-hydroxylation sites is 1. The fraction of sp³-hybridized carbons (Fsp3) is 0.111. The van der Waals surface area contributed by atoms with Crippen molar-refractivity contribution in [2.45, 2.75) is 20.0 Å². The first-order valence-corrected chi connectivity index (χ1v) is 10.3. The fourth-order valence-electron chi connectivity index (χ4n) is 4.26. The van der Waals surface area contributed by atoms with Crippen LogP contribution < -0.4 is 0 Å². The minimum absolute atomic E-state index is 0.372. The number of aromatic nitrogens is 2. The Labute approximate surface area is 181 Å². The van der Waals surface area contributed by atoms with Crippen molar-refractivity contribution in [2.75, 3.05) is 0 Å². The minimum Gasteiger partial charge on any atom is -0.449 e. The highest BCUT2D eigenvalue weighted by Crippen LogP contribution is 2.45. The highest BCUT2D eigenvalue weighted by molar-refractivity contribution is 5.89. The molecule has 1 aromatic heterocycles. The molecule has 0 N–H and O–H groups in total. The van der Waals surface area contributed by atoms with Gasteiger partial charge in [-0.2, -0.15) is 5.10 Å². The zero-order chi connectivity index (χ0) is 21.4. The number of hydrogen-bond acceptors (Lipinski definition) is 3. The van der Waals surface area contributed by atoms with Crippen molar-refractivity contribution in [3.05, 3.63) is 113 Å². The second-order valence-corrected chi connectivity index (χ2v) is 7.66. The van der Waals surface area contributed by atoms with E-state index in [1.807, 2.05) is 85.3 Å². The van der Waals surface area contributed by atoms with E-state index in [4.69, 9.17) is 4.74 Å². The summed E-state index contributed by atoms with van der Waals surface area (Å²) in [6.45, 7) is 3.95. The Morgan fingerprint density at radius 2 is 1.45 bits per heavy atom. The van der Waals surface area contributed by atoms with Gasteiger partial charge in [0, 0.05) is 28.5 Å². The molecular weight excluding hydrogens is 384 g/mol. The highest BCUT2D eigenvalue weighted by Gasteiger charge is 2.30. The molecule has 152 valence electrons. The molecule has 3 aromatic carbocycles. The highest BCUT2D eigenvalue weighted by atomic mass is 16.5. The van der Waals surface area contributed by atoms with Gasteiger partial charge in [-0.25, -0.2) is 9.48 Å². The predicted molar refractivity (Wildman–Crippen MR) is 122 cm³/mol. The van der Waals surface area contributed by atoms with E-state index in [0.717, 1.165) is 44.9 Å². The third-order valence-corrected chi connectivity index (χ3v) is 5.74. The van der Waals surface area contributed by atoms with Crippen LogP contribution in [-0.4, -0.2) is 15.7 Å². The van der Waals surface area contributed by atoms with Crippen molar-refractivity contribution in [3.63, 3.8) is 0 Å². The summed E-state index contributed by atoms with van der Waals surface area (Å²) in [7, 11) is 0. The van der Waals surface area contributed by atoms with Crippen LogP contribution in [0, 0.1) is 13.8 Å². The maximum atomic E-state index is 12.8. The monoisotopic (exact) mass is 406 g/mol. The molecule has 0 radical (unpaired) electrons. The first kappa shape index (κ1) is 19.1. The van der Waals surface area contributed by atoms with Crippen LogP contribution in [0.15, 0.2) is 84.9 Å². The average Bonchev–Trinajstić information content (AvgIpc) is 3.27. The smallest absolute Gasteiger partial charge is 0.331 e. The Morgan fingerprint density at radius 3 is 2.10 bits per heavy atom. The predicted octanol–water partition coefficient (Wildman–Crippen LogP) is 5.82. The molecule has 0 spiro atoms. The van der Waals surface area contributed by atoms with E-state index in [9.17, 15) is 4.79 Å². The largest absolute Gasteiger partial charge is 0.449 e.